The van der Waals surface area contributed by atoms with Crippen LogP contribution in [-0.2, 0) is 0 Å². The average molecular weight is 316 g/mol. The van der Waals surface area contributed by atoms with E-state index < -0.39 is 0 Å². The van der Waals surface area contributed by atoms with Gasteiger partial charge in [0.1, 0.15) is 0 Å². The molecular formula is C13H9Cl3N2O. The number of anilines is 2. The fraction of sp³-hybridized carbons (Fsp3) is 0. The predicted molar refractivity (Wildman–Crippen MR) is 80.3 cm³/mol. The van der Waals surface area contributed by atoms with Crippen molar-refractivity contribution in [2.75, 3.05) is 11.1 Å². The van der Waals surface area contributed by atoms with Gasteiger partial charge in [-0.3, -0.25) is 4.79 Å². The van der Waals surface area contributed by atoms with Crippen LogP contribution in [-0.4, -0.2) is 5.91 Å². The second-order valence-corrected chi connectivity index (χ2v) is 5.15. The second-order valence-electron chi connectivity index (χ2n) is 3.84. The van der Waals surface area contributed by atoms with Gasteiger partial charge in [0.15, 0.2) is 0 Å². The molecule has 0 heterocycles. The Hall–Kier alpha value is -1.42. The van der Waals surface area contributed by atoms with Gasteiger partial charge in [-0.2, -0.15) is 0 Å². The molecule has 2 aromatic carbocycles. The van der Waals surface area contributed by atoms with Crippen LogP contribution in [0.4, 0.5) is 11.4 Å². The monoisotopic (exact) mass is 314 g/mol. The number of nitrogens with one attached hydrogen (secondary N) is 1. The molecule has 3 N–H and O–H groups in total. The van der Waals surface area contributed by atoms with E-state index in [1.165, 1.54) is 12.1 Å². The highest BCUT2D eigenvalue weighted by Crippen LogP contribution is 2.24. The molecule has 0 radical (unpaired) electrons. The third-order valence-electron chi connectivity index (χ3n) is 2.39. The van der Waals surface area contributed by atoms with Gasteiger partial charge in [0.25, 0.3) is 5.91 Å². The van der Waals surface area contributed by atoms with Crippen LogP contribution in [0.2, 0.25) is 15.1 Å². The molecule has 0 aliphatic carbocycles. The lowest BCUT2D eigenvalue weighted by molar-refractivity contribution is 0.102. The van der Waals surface area contributed by atoms with Crippen LogP contribution >= 0.6 is 34.8 Å². The van der Waals surface area contributed by atoms with Crippen molar-refractivity contribution in [1.29, 1.82) is 0 Å². The molecule has 0 unspecified atom stereocenters. The number of carbonyl (C=O) groups is 1. The summed E-state index contributed by atoms with van der Waals surface area (Å²) >= 11 is 17.5. The van der Waals surface area contributed by atoms with Crippen molar-refractivity contribution in [2.45, 2.75) is 0 Å². The molecule has 0 saturated heterocycles. The van der Waals surface area contributed by atoms with Gasteiger partial charge in [0, 0.05) is 20.6 Å². The predicted octanol–water partition coefficient (Wildman–Crippen LogP) is 4.48. The Morgan fingerprint density at radius 3 is 2.16 bits per heavy atom. The summed E-state index contributed by atoms with van der Waals surface area (Å²) < 4.78 is 0. The molecule has 6 heteroatoms. The number of hydrogen-bond acceptors (Lipinski definition) is 2. The molecule has 0 bridgehead atoms. The van der Waals surface area contributed by atoms with Gasteiger partial charge < -0.3 is 11.1 Å². The van der Waals surface area contributed by atoms with Gasteiger partial charge in [-0.1, -0.05) is 34.8 Å². The number of amides is 1. The normalized spacial score (nSPS) is 10.3. The van der Waals surface area contributed by atoms with Crippen LogP contribution in [0.1, 0.15) is 10.4 Å². The molecular weight excluding hydrogens is 307 g/mol. The molecule has 19 heavy (non-hydrogen) atoms. The van der Waals surface area contributed by atoms with Crippen molar-refractivity contribution < 1.29 is 4.79 Å². The van der Waals surface area contributed by atoms with E-state index in [2.05, 4.69) is 5.32 Å². The molecule has 2 aromatic rings. The Balaban J connectivity index is 2.25. The van der Waals surface area contributed by atoms with Crippen molar-refractivity contribution in [3.05, 3.63) is 57.0 Å². The number of benzene rings is 2. The van der Waals surface area contributed by atoms with E-state index in [1.54, 1.807) is 24.3 Å². The van der Waals surface area contributed by atoms with E-state index >= 15 is 0 Å². The van der Waals surface area contributed by atoms with Gasteiger partial charge in [-0.25, -0.2) is 0 Å². The molecule has 0 aliphatic heterocycles. The zero-order valence-corrected chi connectivity index (χ0v) is 11.9. The highest BCUT2D eigenvalue weighted by atomic mass is 35.5. The molecule has 1 amide bonds. The van der Waals surface area contributed by atoms with E-state index in [0.29, 0.717) is 32.0 Å². The molecule has 98 valence electrons. The Morgan fingerprint density at radius 1 is 0.947 bits per heavy atom. The first-order valence-corrected chi connectivity index (χ1v) is 6.41. The largest absolute Gasteiger partial charge is 0.397 e. The highest BCUT2D eigenvalue weighted by Gasteiger charge is 2.10. The fourth-order valence-electron chi connectivity index (χ4n) is 1.53. The SMILES string of the molecule is Nc1cc(Cl)ccc1NC(=O)c1cc(Cl)cc(Cl)c1. The number of nitrogen functional groups attached to an aromatic ring is 1. The van der Waals surface area contributed by atoms with Gasteiger partial charge >= 0.3 is 0 Å². The van der Waals surface area contributed by atoms with Crippen molar-refractivity contribution in [3.63, 3.8) is 0 Å². The maximum atomic E-state index is 12.0. The highest BCUT2D eigenvalue weighted by molar-refractivity contribution is 6.35. The third-order valence-corrected chi connectivity index (χ3v) is 3.06. The van der Waals surface area contributed by atoms with Crippen molar-refractivity contribution in [2.24, 2.45) is 0 Å². The molecule has 0 fully saturated rings. The zero-order chi connectivity index (χ0) is 14.0. The summed E-state index contributed by atoms with van der Waals surface area (Å²) in [5, 5.41) is 3.95. The Labute approximate surface area is 125 Å². The van der Waals surface area contributed by atoms with E-state index in [1.807, 2.05) is 0 Å². The number of hydrogen-bond donors (Lipinski definition) is 2. The number of halogens is 3. The molecule has 2 rings (SSSR count). The minimum absolute atomic E-state index is 0.349. The quantitative estimate of drug-likeness (QED) is 0.803. The minimum Gasteiger partial charge on any atom is -0.397 e. The van der Waals surface area contributed by atoms with E-state index in [-0.39, 0.29) is 5.91 Å². The van der Waals surface area contributed by atoms with Crippen molar-refractivity contribution >= 4 is 52.1 Å². The van der Waals surface area contributed by atoms with Crippen LogP contribution < -0.4 is 11.1 Å². The molecule has 3 nitrogen and oxygen atoms in total. The molecule has 0 spiro atoms. The summed E-state index contributed by atoms with van der Waals surface area (Å²) in [7, 11) is 0. The lowest BCUT2D eigenvalue weighted by Gasteiger charge is -2.09. The maximum Gasteiger partial charge on any atom is 0.255 e. The van der Waals surface area contributed by atoms with E-state index in [0.717, 1.165) is 0 Å². The first-order chi connectivity index (χ1) is 8.95. The summed E-state index contributed by atoms with van der Waals surface area (Å²) in [6.45, 7) is 0. The average Bonchev–Trinajstić information content (AvgIpc) is 2.31. The molecule has 0 aliphatic rings. The topological polar surface area (TPSA) is 55.1 Å². The Morgan fingerprint density at radius 2 is 1.58 bits per heavy atom. The van der Waals surface area contributed by atoms with Crippen LogP contribution in [0, 0.1) is 0 Å². The number of rotatable bonds is 2. The third kappa shape index (κ3) is 3.53. The second kappa shape index (κ2) is 5.70. The zero-order valence-electron chi connectivity index (χ0n) is 9.58. The molecule has 0 atom stereocenters. The summed E-state index contributed by atoms with van der Waals surface area (Å²) in [4.78, 5) is 12.0. The molecule has 0 saturated carbocycles. The van der Waals surface area contributed by atoms with Crippen LogP contribution in [0.5, 0.6) is 0 Å². The maximum absolute atomic E-state index is 12.0. The van der Waals surface area contributed by atoms with E-state index in [9.17, 15) is 4.79 Å². The Kier molecular flexibility index (Phi) is 4.20. The lowest BCUT2D eigenvalue weighted by Crippen LogP contribution is -2.13. The summed E-state index contributed by atoms with van der Waals surface area (Å²) in [6, 6.07) is 9.42. The standard InChI is InChI=1S/C13H9Cl3N2O/c14-8-1-2-12(11(17)6-8)18-13(19)7-3-9(15)5-10(16)4-7/h1-6H,17H2,(H,18,19). The first kappa shape index (κ1) is 14.0. The van der Waals surface area contributed by atoms with Crippen molar-refractivity contribution in [1.82, 2.24) is 0 Å². The fourth-order valence-corrected chi connectivity index (χ4v) is 2.23. The minimum atomic E-state index is -0.349. The number of nitrogens with two attached hydrogens (primary N) is 1. The smallest absolute Gasteiger partial charge is 0.255 e. The van der Waals surface area contributed by atoms with Gasteiger partial charge in [0.2, 0.25) is 0 Å². The number of carbonyl (C=O) groups excluding carboxylic acids is 1. The summed E-state index contributed by atoms with van der Waals surface area (Å²) in [5.41, 5.74) is 6.97. The van der Waals surface area contributed by atoms with E-state index in [4.69, 9.17) is 40.5 Å². The first-order valence-electron chi connectivity index (χ1n) is 5.28. The Bertz CT molecular complexity index is 624. The van der Waals surface area contributed by atoms with Crippen LogP contribution in [0.25, 0.3) is 0 Å². The summed E-state index contributed by atoms with van der Waals surface area (Å²) in [6.07, 6.45) is 0. The summed E-state index contributed by atoms with van der Waals surface area (Å²) in [5.74, 6) is -0.349. The van der Waals surface area contributed by atoms with Crippen molar-refractivity contribution in [3.8, 4) is 0 Å². The van der Waals surface area contributed by atoms with Gasteiger partial charge in [-0.15, -0.1) is 0 Å². The van der Waals surface area contributed by atoms with Crippen LogP contribution in [0.3, 0.4) is 0 Å². The van der Waals surface area contributed by atoms with Gasteiger partial charge in [0.05, 0.1) is 11.4 Å². The van der Waals surface area contributed by atoms with Crippen LogP contribution in [0.15, 0.2) is 36.4 Å². The lowest BCUT2D eigenvalue weighted by atomic mass is 10.2. The molecule has 0 aromatic heterocycles. The van der Waals surface area contributed by atoms with Gasteiger partial charge in [-0.05, 0) is 36.4 Å².